The summed E-state index contributed by atoms with van der Waals surface area (Å²) in [6.07, 6.45) is 9.51. The average molecular weight is 300 g/mol. The molecule has 21 heavy (non-hydrogen) atoms. The van der Waals surface area contributed by atoms with Gasteiger partial charge in [0, 0.05) is 13.8 Å². The molecule has 4 heteroatoms. The molecular formula is C17H32O4. The molecule has 0 aromatic carbocycles. The molecule has 0 N–H and O–H groups in total. The van der Waals surface area contributed by atoms with Gasteiger partial charge in [-0.2, -0.15) is 0 Å². The van der Waals surface area contributed by atoms with Gasteiger partial charge in [0.15, 0.2) is 0 Å². The molecule has 0 radical (unpaired) electrons. The van der Waals surface area contributed by atoms with Crippen molar-refractivity contribution >= 4 is 11.9 Å². The largest absolute Gasteiger partial charge is 0.463 e. The Hall–Kier alpha value is -1.06. The number of ether oxygens (including phenoxy) is 2. The Labute approximate surface area is 129 Å². The lowest BCUT2D eigenvalue weighted by atomic mass is 10.0. The third-order valence-corrected chi connectivity index (χ3v) is 3.47. The van der Waals surface area contributed by atoms with Crippen LogP contribution >= 0.6 is 0 Å². The molecule has 0 aliphatic rings. The van der Waals surface area contributed by atoms with E-state index in [1.165, 1.54) is 33.1 Å². The molecule has 0 aromatic heterocycles. The maximum Gasteiger partial charge on any atom is 0.302 e. The lowest BCUT2D eigenvalue weighted by Gasteiger charge is -2.17. The van der Waals surface area contributed by atoms with Crippen LogP contribution in [0.15, 0.2) is 0 Å². The molecule has 0 amide bonds. The predicted octanol–water partition coefficient (Wildman–Crippen LogP) is 4.40. The van der Waals surface area contributed by atoms with E-state index < -0.39 is 0 Å². The van der Waals surface area contributed by atoms with Gasteiger partial charge >= 0.3 is 11.9 Å². The van der Waals surface area contributed by atoms with Gasteiger partial charge in [0.1, 0.15) is 6.10 Å². The Balaban J connectivity index is 3.84. The van der Waals surface area contributed by atoms with E-state index in [-0.39, 0.29) is 24.1 Å². The van der Waals surface area contributed by atoms with Crippen molar-refractivity contribution in [2.75, 3.05) is 0 Å². The smallest absolute Gasteiger partial charge is 0.302 e. The molecule has 0 unspecified atom stereocenters. The molecule has 0 heterocycles. The van der Waals surface area contributed by atoms with Crippen LogP contribution in [-0.2, 0) is 19.1 Å². The second-order valence-electron chi connectivity index (χ2n) is 5.79. The first-order valence-corrected chi connectivity index (χ1v) is 8.30. The summed E-state index contributed by atoms with van der Waals surface area (Å²) in [6, 6.07) is 0. The lowest BCUT2D eigenvalue weighted by molar-refractivity contribution is -0.148. The van der Waals surface area contributed by atoms with Gasteiger partial charge in [-0.05, 0) is 45.4 Å². The summed E-state index contributed by atoms with van der Waals surface area (Å²) in [5.74, 6) is -0.417. The van der Waals surface area contributed by atoms with E-state index in [2.05, 4.69) is 6.92 Å². The van der Waals surface area contributed by atoms with Crippen LogP contribution in [0.25, 0.3) is 0 Å². The molecule has 0 fully saturated rings. The number of carbonyl (C=O) groups is 2. The van der Waals surface area contributed by atoms with Gasteiger partial charge in [-0.1, -0.05) is 26.2 Å². The van der Waals surface area contributed by atoms with E-state index >= 15 is 0 Å². The quantitative estimate of drug-likeness (QED) is 0.396. The van der Waals surface area contributed by atoms with Crippen molar-refractivity contribution in [1.29, 1.82) is 0 Å². The van der Waals surface area contributed by atoms with E-state index in [1.807, 2.05) is 6.92 Å². The van der Waals surface area contributed by atoms with E-state index in [0.717, 1.165) is 38.5 Å². The molecule has 0 aliphatic carbocycles. The molecule has 0 saturated carbocycles. The van der Waals surface area contributed by atoms with E-state index in [1.54, 1.807) is 0 Å². The van der Waals surface area contributed by atoms with Crippen LogP contribution in [0, 0.1) is 0 Å². The highest BCUT2D eigenvalue weighted by atomic mass is 16.5. The second-order valence-corrected chi connectivity index (χ2v) is 5.79. The average Bonchev–Trinajstić information content (AvgIpc) is 2.37. The van der Waals surface area contributed by atoms with E-state index in [4.69, 9.17) is 9.47 Å². The zero-order valence-corrected chi connectivity index (χ0v) is 14.2. The molecule has 2 atom stereocenters. The minimum atomic E-state index is -0.226. The highest BCUT2D eigenvalue weighted by molar-refractivity contribution is 5.66. The number of hydrogen-bond donors (Lipinski definition) is 0. The van der Waals surface area contributed by atoms with Crippen molar-refractivity contribution in [3.63, 3.8) is 0 Å². The van der Waals surface area contributed by atoms with Gasteiger partial charge < -0.3 is 9.47 Å². The number of esters is 2. The Morgan fingerprint density at radius 3 is 1.86 bits per heavy atom. The molecule has 4 nitrogen and oxygen atoms in total. The van der Waals surface area contributed by atoms with Crippen molar-refractivity contribution < 1.29 is 19.1 Å². The maximum atomic E-state index is 11.1. The lowest BCUT2D eigenvalue weighted by Crippen LogP contribution is -2.17. The minimum Gasteiger partial charge on any atom is -0.463 e. The fourth-order valence-electron chi connectivity index (χ4n) is 2.44. The van der Waals surface area contributed by atoms with Crippen LogP contribution < -0.4 is 0 Å². The standard InChI is InChI=1S/C17H32O4/c1-5-6-7-8-12-17(21-16(4)19)13-10-9-11-14(2)20-15(3)18/h14,17H,5-13H2,1-4H3/t14-,17+/m1/s1. The molecular weight excluding hydrogens is 268 g/mol. The molecule has 0 bridgehead atoms. The molecule has 0 spiro atoms. The van der Waals surface area contributed by atoms with Crippen LogP contribution in [-0.4, -0.2) is 24.1 Å². The van der Waals surface area contributed by atoms with E-state index in [0.29, 0.717) is 0 Å². The predicted molar refractivity (Wildman–Crippen MR) is 84.0 cm³/mol. The van der Waals surface area contributed by atoms with Gasteiger partial charge in [-0.15, -0.1) is 0 Å². The van der Waals surface area contributed by atoms with Crippen LogP contribution in [0.1, 0.15) is 85.5 Å². The first-order chi connectivity index (χ1) is 9.95. The maximum absolute atomic E-state index is 11.1. The minimum absolute atomic E-state index is 0.0285. The van der Waals surface area contributed by atoms with Crippen molar-refractivity contribution in [2.45, 2.75) is 97.7 Å². The zero-order valence-electron chi connectivity index (χ0n) is 14.2. The summed E-state index contributed by atoms with van der Waals surface area (Å²) >= 11 is 0. The zero-order chi connectivity index (χ0) is 16.1. The fraction of sp³-hybridized carbons (Fsp3) is 0.882. The Morgan fingerprint density at radius 1 is 0.810 bits per heavy atom. The third kappa shape index (κ3) is 13.7. The monoisotopic (exact) mass is 300 g/mol. The van der Waals surface area contributed by atoms with Crippen molar-refractivity contribution in [1.82, 2.24) is 0 Å². The Morgan fingerprint density at radius 2 is 1.33 bits per heavy atom. The van der Waals surface area contributed by atoms with Crippen LogP contribution in [0.3, 0.4) is 0 Å². The third-order valence-electron chi connectivity index (χ3n) is 3.47. The van der Waals surface area contributed by atoms with Crippen LogP contribution in [0.2, 0.25) is 0 Å². The highest BCUT2D eigenvalue weighted by Crippen LogP contribution is 2.16. The summed E-state index contributed by atoms with van der Waals surface area (Å²) in [6.45, 7) is 7.01. The molecule has 124 valence electrons. The van der Waals surface area contributed by atoms with Gasteiger partial charge in [-0.3, -0.25) is 9.59 Å². The van der Waals surface area contributed by atoms with Gasteiger partial charge in [0.25, 0.3) is 0 Å². The van der Waals surface area contributed by atoms with Gasteiger partial charge in [-0.25, -0.2) is 0 Å². The number of unbranched alkanes of at least 4 members (excludes halogenated alkanes) is 4. The van der Waals surface area contributed by atoms with Crippen molar-refractivity contribution in [3.8, 4) is 0 Å². The topological polar surface area (TPSA) is 52.6 Å². The molecule has 0 aromatic rings. The summed E-state index contributed by atoms with van der Waals surface area (Å²) in [5, 5.41) is 0. The molecule has 0 rings (SSSR count). The first-order valence-electron chi connectivity index (χ1n) is 8.30. The Bertz CT molecular complexity index is 289. The van der Waals surface area contributed by atoms with Gasteiger partial charge in [0.05, 0.1) is 6.10 Å². The summed E-state index contributed by atoms with van der Waals surface area (Å²) in [4.78, 5) is 21.9. The SMILES string of the molecule is CCCCCC[C@@H](CCCC[C@@H](C)OC(C)=O)OC(C)=O. The number of carbonyl (C=O) groups excluding carboxylic acids is 2. The second kappa shape index (κ2) is 12.7. The van der Waals surface area contributed by atoms with E-state index in [9.17, 15) is 9.59 Å². The Kier molecular flexibility index (Phi) is 12.0. The molecule has 0 aliphatic heterocycles. The number of rotatable bonds is 12. The fourth-order valence-corrected chi connectivity index (χ4v) is 2.44. The molecule has 0 saturated heterocycles. The van der Waals surface area contributed by atoms with Crippen molar-refractivity contribution in [2.24, 2.45) is 0 Å². The first kappa shape index (κ1) is 19.9. The summed E-state index contributed by atoms with van der Waals surface area (Å²) < 4.78 is 10.5. The normalized spacial score (nSPS) is 13.5. The highest BCUT2D eigenvalue weighted by Gasteiger charge is 2.12. The summed E-state index contributed by atoms with van der Waals surface area (Å²) in [7, 11) is 0. The van der Waals surface area contributed by atoms with Gasteiger partial charge in [0.2, 0.25) is 0 Å². The van der Waals surface area contributed by atoms with Crippen LogP contribution in [0.5, 0.6) is 0 Å². The number of hydrogen-bond acceptors (Lipinski definition) is 4. The van der Waals surface area contributed by atoms with Crippen molar-refractivity contribution in [3.05, 3.63) is 0 Å². The summed E-state index contributed by atoms with van der Waals surface area (Å²) in [5.41, 5.74) is 0. The van der Waals surface area contributed by atoms with Crippen LogP contribution in [0.4, 0.5) is 0 Å².